The summed E-state index contributed by atoms with van der Waals surface area (Å²) in [6.45, 7) is 10.8. The van der Waals surface area contributed by atoms with E-state index in [-0.39, 0.29) is 11.9 Å². The minimum Gasteiger partial charge on any atom is -0.341 e. The van der Waals surface area contributed by atoms with Gasteiger partial charge in [0.15, 0.2) is 0 Å². The van der Waals surface area contributed by atoms with E-state index in [1.165, 1.54) is 0 Å². The van der Waals surface area contributed by atoms with Gasteiger partial charge in [-0.15, -0.1) is 0 Å². The molecule has 3 rings (SSSR count). The lowest BCUT2D eigenvalue weighted by molar-refractivity contribution is 0.0684. The fourth-order valence-corrected chi connectivity index (χ4v) is 3.43. The van der Waals surface area contributed by atoms with E-state index in [9.17, 15) is 4.79 Å². The molecule has 1 aliphatic rings. The van der Waals surface area contributed by atoms with E-state index < -0.39 is 0 Å². The molecule has 0 saturated carbocycles. The summed E-state index contributed by atoms with van der Waals surface area (Å²) in [6.07, 6.45) is 2.29. The normalized spacial score (nSPS) is 15.2. The molecule has 0 N–H and O–H groups in total. The van der Waals surface area contributed by atoms with Crippen molar-refractivity contribution in [1.29, 1.82) is 0 Å². The van der Waals surface area contributed by atoms with Crippen LogP contribution in [0, 0.1) is 12.8 Å². The third kappa shape index (κ3) is 4.85. The van der Waals surface area contributed by atoms with Gasteiger partial charge in [0.2, 0.25) is 5.95 Å². The fourth-order valence-electron chi connectivity index (χ4n) is 3.43. The second-order valence-corrected chi connectivity index (χ2v) is 7.88. The molecule has 1 amide bonds. The van der Waals surface area contributed by atoms with Gasteiger partial charge in [-0.25, -0.2) is 9.97 Å². The summed E-state index contributed by atoms with van der Waals surface area (Å²) in [5.74, 6) is 1.40. The number of benzene rings is 1. The highest BCUT2D eigenvalue weighted by Gasteiger charge is 2.24. The van der Waals surface area contributed by atoms with Gasteiger partial charge < -0.3 is 9.80 Å². The topological polar surface area (TPSA) is 49.3 Å². The second kappa shape index (κ2) is 8.51. The van der Waals surface area contributed by atoms with Crippen molar-refractivity contribution in [3.63, 3.8) is 0 Å². The lowest BCUT2D eigenvalue weighted by atomic mass is 10.00. The van der Waals surface area contributed by atoms with Crippen LogP contribution in [0.5, 0.6) is 0 Å². The van der Waals surface area contributed by atoms with Gasteiger partial charge in [-0.1, -0.05) is 37.3 Å². The van der Waals surface area contributed by atoms with E-state index in [0.717, 1.165) is 43.1 Å². The zero-order valence-corrected chi connectivity index (χ0v) is 16.9. The van der Waals surface area contributed by atoms with Gasteiger partial charge in [0.25, 0.3) is 5.91 Å². The van der Waals surface area contributed by atoms with Crippen LogP contribution >= 0.6 is 0 Å². The number of hydrogen-bond donors (Lipinski definition) is 0. The molecule has 0 atom stereocenters. The molecule has 0 aliphatic carbocycles. The SMILES string of the molecule is Cc1cc(C(=O)N(Cc2ccccc2)C(C)C)nc(N2CCC(C)CC2)n1. The fraction of sp³-hybridized carbons (Fsp3) is 0.500. The Morgan fingerprint density at radius 3 is 2.48 bits per heavy atom. The van der Waals surface area contributed by atoms with Crippen LogP contribution < -0.4 is 4.90 Å². The first-order valence-corrected chi connectivity index (χ1v) is 9.89. The first-order valence-electron chi connectivity index (χ1n) is 9.89. The number of nitrogens with zero attached hydrogens (tertiary/aromatic N) is 4. The van der Waals surface area contributed by atoms with E-state index in [2.05, 4.69) is 21.8 Å². The zero-order valence-electron chi connectivity index (χ0n) is 16.9. The summed E-state index contributed by atoms with van der Waals surface area (Å²) in [5.41, 5.74) is 2.45. The highest BCUT2D eigenvalue weighted by Crippen LogP contribution is 2.21. The molecular formula is C22H30N4O. The lowest BCUT2D eigenvalue weighted by Crippen LogP contribution is -2.38. The minimum absolute atomic E-state index is 0.0361. The average Bonchev–Trinajstić information content (AvgIpc) is 2.66. The predicted octanol–water partition coefficient (Wildman–Crippen LogP) is 4.07. The second-order valence-electron chi connectivity index (χ2n) is 7.88. The molecule has 1 saturated heterocycles. The molecule has 27 heavy (non-hydrogen) atoms. The van der Waals surface area contributed by atoms with Gasteiger partial charge in [0.05, 0.1) is 0 Å². The molecule has 0 radical (unpaired) electrons. The highest BCUT2D eigenvalue weighted by molar-refractivity contribution is 5.92. The summed E-state index contributed by atoms with van der Waals surface area (Å²) in [7, 11) is 0. The molecule has 1 aliphatic heterocycles. The smallest absolute Gasteiger partial charge is 0.273 e. The zero-order chi connectivity index (χ0) is 19.4. The molecule has 1 aromatic carbocycles. The number of aryl methyl sites for hydroxylation is 1. The average molecular weight is 367 g/mol. The number of piperidine rings is 1. The van der Waals surface area contributed by atoms with Crippen LogP contribution in [-0.2, 0) is 6.54 Å². The van der Waals surface area contributed by atoms with Crippen molar-refractivity contribution >= 4 is 11.9 Å². The Hall–Kier alpha value is -2.43. The summed E-state index contributed by atoms with van der Waals surface area (Å²) >= 11 is 0. The standard InChI is InChI=1S/C22H30N4O/c1-16(2)26(15-19-8-6-5-7-9-19)21(27)20-14-18(4)23-22(24-20)25-12-10-17(3)11-13-25/h5-9,14,16-17H,10-13,15H2,1-4H3. The van der Waals surface area contributed by atoms with Gasteiger partial charge in [-0.3, -0.25) is 4.79 Å². The van der Waals surface area contributed by atoms with Crippen molar-refractivity contribution in [3.05, 3.63) is 53.3 Å². The molecule has 0 bridgehead atoms. The monoisotopic (exact) mass is 366 g/mol. The van der Waals surface area contributed by atoms with Crippen LogP contribution in [0.3, 0.4) is 0 Å². The van der Waals surface area contributed by atoms with Gasteiger partial charge in [-0.2, -0.15) is 0 Å². The Morgan fingerprint density at radius 1 is 1.19 bits per heavy atom. The van der Waals surface area contributed by atoms with Gasteiger partial charge in [0, 0.05) is 31.4 Å². The van der Waals surface area contributed by atoms with E-state index in [0.29, 0.717) is 18.2 Å². The van der Waals surface area contributed by atoms with Crippen molar-refractivity contribution in [2.24, 2.45) is 5.92 Å². The van der Waals surface area contributed by atoms with Crippen LogP contribution in [0.25, 0.3) is 0 Å². The van der Waals surface area contributed by atoms with Crippen LogP contribution in [0.15, 0.2) is 36.4 Å². The van der Waals surface area contributed by atoms with Gasteiger partial charge in [0.1, 0.15) is 5.69 Å². The number of carbonyl (C=O) groups excluding carboxylic acids is 1. The van der Waals surface area contributed by atoms with E-state index >= 15 is 0 Å². The number of carbonyl (C=O) groups is 1. The van der Waals surface area contributed by atoms with Crippen LogP contribution in [0.4, 0.5) is 5.95 Å². The largest absolute Gasteiger partial charge is 0.341 e. The predicted molar refractivity (Wildman–Crippen MR) is 109 cm³/mol. The summed E-state index contributed by atoms with van der Waals surface area (Å²) in [4.78, 5) is 26.6. The van der Waals surface area contributed by atoms with Crippen LogP contribution in [0.2, 0.25) is 0 Å². The van der Waals surface area contributed by atoms with Crippen molar-refractivity contribution in [1.82, 2.24) is 14.9 Å². The number of aromatic nitrogens is 2. The molecule has 144 valence electrons. The summed E-state index contributed by atoms with van der Waals surface area (Å²) in [5, 5.41) is 0. The first kappa shape index (κ1) is 19.3. The maximum Gasteiger partial charge on any atom is 0.273 e. The molecule has 5 heteroatoms. The number of hydrogen-bond acceptors (Lipinski definition) is 4. The minimum atomic E-state index is -0.0361. The van der Waals surface area contributed by atoms with Crippen LogP contribution in [-0.4, -0.2) is 39.9 Å². The molecule has 1 aromatic heterocycles. The number of anilines is 1. The molecular weight excluding hydrogens is 336 g/mol. The Balaban J connectivity index is 1.83. The van der Waals surface area contributed by atoms with Crippen molar-refractivity contribution in [2.75, 3.05) is 18.0 Å². The van der Waals surface area contributed by atoms with E-state index in [1.807, 2.05) is 56.0 Å². The third-order valence-corrected chi connectivity index (χ3v) is 5.21. The first-order chi connectivity index (χ1) is 12.9. The van der Waals surface area contributed by atoms with Gasteiger partial charge >= 0.3 is 0 Å². The lowest BCUT2D eigenvalue weighted by Gasteiger charge is -2.31. The quantitative estimate of drug-likeness (QED) is 0.800. The Kier molecular flexibility index (Phi) is 6.09. The number of rotatable bonds is 5. The Bertz CT molecular complexity index is 767. The van der Waals surface area contributed by atoms with Gasteiger partial charge in [-0.05, 0) is 51.2 Å². The Morgan fingerprint density at radius 2 is 1.85 bits per heavy atom. The van der Waals surface area contributed by atoms with Crippen LogP contribution in [0.1, 0.15) is 55.4 Å². The molecule has 0 spiro atoms. The molecule has 5 nitrogen and oxygen atoms in total. The maximum absolute atomic E-state index is 13.2. The molecule has 0 unspecified atom stereocenters. The van der Waals surface area contributed by atoms with Crippen molar-refractivity contribution in [3.8, 4) is 0 Å². The Labute approximate surface area is 162 Å². The molecule has 2 aromatic rings. The van der Waals surface area contributed by atoms with Crippen molar-refractivity contribution < 1.29 is 4.79 Å². The van der Waals surface area contributed by atoms with E-state index in [1.54, 1.807) is 6.07 Å². The van der Waals surface area contributed by atoms with Crippen molar-refractivity contribution in [2.45, 2.75) is 53.1 Å². The number of amides is 1. The molecule has 2 heterocycles. The van der Waals surface area contributed by atoms with E-state index in [4.69, 9.17) is 0 Å². The third-order valence-electron chi connectivity index (χ3n) is 5.21. The summed E-state index contributed by atoms with van der Waals surface area (Å²) in [6, 6.07) is 12.0. The summed E-state index contributed by atoms with van der Waals surface area (Å²) < 4.78 is 0. The highest BCUT2D eigenvalue weighted by atomic mass is 16.2. The molecule has 1 fully saturated rings. The maximum atomic E-state index is 13.2.